The number of rotatable bonds is 5. The van der Waals surface area contributed by atoms with E-state index in [1.165, 1.54) is 0 Å². The lowest BCUT2D eigenvalue weighted by Gasteiger charge is -2.13. The lowest BCUT2D eigenvalue weighted by Crippen LogP contribution is -2.37. The number of fused-ring (bicyclic) bond motifs is 1. The maximum Gasteiger partial charge on any atom is 0.293 e. The number of benzene rings is 2. The van der Waals surface area contributed by atoms with Crippen molar-refractivity contribution in [2.24, 2.45) is 0 Å². The molecule has 0 saturated carbocycles. The second kappa shape index (κ2) is 8.18. The van der Waals surface area contributed by atoms with Crippen LogP contribution in [-0.4, -0.2) is 41.8 Å². The maximum atomic E-state index is 12.6. The molecule has 0 aromatic heterocycles. The number of amides is 3. The van der Waals surface area contributed by atoms with Gasteiger partial charge in [0.05, 0.1) is 4.91 Å². The molecular formula is C20H15ClN2O5S. The second-order valence-corrected chi connectivity index (χ2v) is 7.64. The van der Waals surface area contributed by atoms with E-state index < -0.39 is 5.91 Å². The smallest absolute Gasteiger partial charge is 0.293 e. The number of nitrogens with zero attached hydrogens (tertiary/aromatic N) is 1. The van der Waals surface area contributed by atoms with E-state index >= 15 is 0 Å². The minimum absolute atomic E-state index is 0.0858. The third-order valence-corrected chi connectivity index (χ3v) is 5.45. The maximum absolute atomic E-state index is 12.6. The molecule has 3 amide bonds. The number of halogens is 1. The molecule has 1 fully saturated rings. The van der Waals surface area contributed by atoms with Gasteiger partial charge in [0, 0.05) is 23.7 Å². The summed E-state index contributed by atoms with van der Waals surface area (Å²) in [5.74, 6) is 0.553. The minimum atomic E-state index is -0.390. The van der Waals surface area contributed by atoms with Crippen LogP contribution in [-0.2, 0) is 4.79 Å². The molecule has 2 heterocycles. The van der Waals surface area contributed by atoms with Crippen LogP contribution in [0, 0.1) is 0 Å². The Kier molecular flexibility index (Phi) is 5.46. The lowest BCUT2D eigenvalue weighted by atomic mass is 10.2. The van der Waals surface area contributed by atoms with E-state index in [2.05, 4.69) is 5.32 Å². The van der Waals surface area contributed by atoms with Gasteiger partial charge in [0.15, 0.2) is 11.5 Å². The number of carbonyl (C=O) groups excluding carboxylic acids is 3. The van der Waals surface area contributed by atoms with Gasteiger partial charge in [-0.2, -0.15) is 0 Å². The highest BCUT2D eigenvalue weighted by atomic mass is 35.5. The van der Waals surface area contributed by atoms with Crippen molar-refractivity contribution in [1.29, 1.82) is 0 Å². The zero-order chi connectivity index (χ0) is 20.4. The Bertz CT molecular complexity index is 1020. The van der Waals surface area contributed by atoms with Crippen molar-refractivity contribution >= 4 is 46.5 Å². The summed E-state index contributed by atoms with van der Waals surface area (Å²) in [6.07, 6.45) is 1.64. The van der Waals surface area contributed by atoms with Gasteiger partial charge < -0.3 is 14.8 Å². The number of hydrogen-bond donors (Lipinski definition) is 1. The fraction of sp³-hybridized carbons (Fsp3) is 0.150. The third-order valence-electron chi connectivity index (χ3n) is 4.30. The molecule has 0 spiro atoms. The van der Waals surface area contributed by atoms with Crippen LogP contribution in [0.5, 0.6) is 11.5 Å². The zero-order valence-corrected chi connectivity index (χ0v) is 16.6. The molecule has 0 atom stereocenters. The van der Waals surface area contributed by atoms with Gasteiger partial charge in [0.25, 0.3) is 17.1 Å². The molecule has 0 aliphatic carbocycles. The average Bonchev–Trinajstić information content (AvgIpc) is 3.27. The van der Waals surface area contributed by atoms with Crippen LogP contribution in [0.1, 0.15) is 15.9 Å². The average molecular weight is 431 g/mol. The molecule has 0 unspecified atom stereocenters. The highest BCUT2D eigenvalue weighted by molar-refractivity contribution is 8.18. The Hall–Kier alpha value is -2.97. The van der Waals surface area contributed by atoms with Gasteiger partial charge in [-0.1, -0.05) is 17.7 Å². The topological polar surface area (TPSA) is 84.9 Å². The van der Waals surface area contributed by atoms with Gasteiger partial charge >= 0.3 is 0 Å². The summed E-state index contributed by atoms with van der Waals surface area (Å²) in [5.41, 5.74) is 1.18. The number of imide groups is 1. The third kappa shape index (κ3) is 4.23. The zero-order valence-electron chi connectivity index (χ0n) is 15.0. The largest absolute Gasteiger partial charge is 0.454 e. The molecule has 0 bridgehead atoms. The van der Waals surface area contributed by atoms with E-state index in [-0.39, 0.29) is 31.0 Å². The molecule has 2 aliphatic rings. The van der Waals surface area contributed by atoms with Crippen molar-refractivity contribution in [1.82, 2.24) is 10.2 Å². The molecule has 2 aromatic carbocycles. The molecule has 9 heteroatoms. The molecule has 4 rings (SSSR count). The van der Waals surface area contributed by atoms with E-state index in [0.29, 0.717) is 27.0 Å². The van der Waals surface area contributed by atoms with Gasteiger partial charge in [0.2, 0.25) is 6.79 Å². The number of thioether (sulfide) groups is 1. The van der Waals surface area contributed by atoms with Crippen molar-refractivity contribution in [3.8, 4) is 11.5 Å². The number of carbonyl (C=O) groups is 3. The van der Waals surface area contributed by atoms with Crippen LogP contribution >= 0.6 is 23.4 Å². The first-order valence-corrected chi connectivity index (χ1v) is 9.89. The predicted molar refractivity (Wildman–Crippen MR) is 109 cm³/mol. The fourth-order valence-corrected chi connectivity index (χ4v) is 3.82. The van der Waals surface area contributed by atoms with Crippen molar-refractivity contribution in [2.45, 2.75) is 0 Å². The Morgan fingerprint density at radius 3 is 2.69 bits per heavy atom. The first-order valence-electron chi connectivity index (χ1n) is 8.70. The molecule has 148 valence electrons. The summed E-state index contributed by atoms with van der Waals surface area (Å²) in [5, 5.41) is 2.86. The summed E-state index contributed by atoms with van der Waals surface area (Å²) < 4.78 is 10.6. The molecule has 1 N–H and O–H groups in total. The fourth-order valence-electron chi connectivity index (χ4n) is 2.83. The van der Waals surface area contributed by atoms with E-state index in [1.54, 1.807) is 48.5 Å². The Morgan fingerprint density at radius 2 is 1.90 bits per heavy atom. The van der Waals surface area contributed by atoms with Crippen LogP contribution in [0.3, 0.4) is 0 Å². The number of nitrogens with one attached hydrogen (secondary N) is 1. The molecule has 1 saturated heterocycles. The summed E-state index contributed by atoms with van der Waals surface area (Å²) >= 11 is 6.67. The van der Waals surface area contributed by atoms with Crippen LogP contribution in [0.15, 0.2) is 47.4 Å². The van der Waals surface area contributed by atoms with Gasteiger partial charge in [-0.15, -0.1) is 0 Å². The molecule has 29 heavy (non-hydrogen) atoms. The van der Waals surface area contributed by atoms with E-state index in [0.717, 1.165) is 22.2 Å². The molecule has 0 radical (unpaired) electrons. The second-order valence-electron chi connectivity index (χ2n) is 6.21. The minimum Gasteiger partial charge on any atom is -0.454 e. The first kappa shape index (κ1) is 19.4. The standard InChI is InChI=1S/C20H15ClN2O5S/c21-14-4-2-13(3-5-14)18(24)22-7-8-23-19(25)17(29-20(23)26)10-12-1-6-15-16(9-12)28-11-27-15/h1-6,9-10H,7-8,11H2,(H,22,24). The molecule has 7 nitrogen and oxygen atoms in total. The highest BCUT2D eigenvalue weighted by Gasteiger charge is 2.34. The Labute approximate surface area is 175 Å². The lowest BCUT2D eigenvalue weighted by molar-refractivity contribution is -0.122. The summed E-state index contributed by atoms with van der Waals surface area (Å²) in [4.78, 5) is 38.3. The van der Waals surface area contributed by atoms with Crippen molar-refractivity contribution in [3.05, 3.63) is 63.5 Å². The number of hydrogen-bond acceptors (Lipinski definition) is 6. The SMILES string of the molecule is O=C(NCCN1C(=O)SC(=Cc2ccc3c(c2)OCO3)C1=O)c1ccc(Cl)cc1. The highest BCUT2D eigenvalue weighted by Crippen LogP contribution is 2.36. The van der Waals surface area contributed by atoms with Gasteiger partial charge in [-0.25, -0.2) is 0 Å². The summed E-state index contributed by atoms with van der Waals surface area (Å²) in [7, 11) is 0. The van der Waals surface area contributed by atoms with E-state index in [9.17, 15) is 14.4 Å². The quantitative estimate of drug-likeness (QED) is 0.730. The van der Waals surface area contributed by atoms with Crippen LogP contribution in [0.4, 0.5) is 4.79 Å². The van der Waals surface area contributed by atoms with Gasteiger partial charge in [-0.3, -0.25) is 19.3 Å². The predicted octanol–water partition coefficient (Wildman–Crippen LogP) is 3.54. The van der Waals surface area contributed by atoms with Crippen LogP contribution < -0.4 is 14.8 Å². The molecular weight excluding hydrogens is 416 g/mol. The number of ether oxygens (including phenoxy) is 2. The Balaban J connectivity index is 1.37. The van der Waals surface area contributed by atoms with Crippen molar-refractivity contribution in [2.75, 3.05) is 19.9 Å². The van der Waals surface area contributed by atoms with Crippen LogP contribution in [0.2, 0.25) is 5.02 Å². The van der Waals surface area contributed by atoms with E-state index in [1.807, 2.05) is 0 Å². The molecule has 2 aromatic rings. The summed E-state index contributed by atoms with van der Waals surface area (Å²) in [6.45, 7) is 0.399. The van der Waals surface area contributed by atoms with Gasteiger partial charge in [-0.05, 0) is 59.8 Å². The van der Waals surface area contributed by atoms with E-state index in [4.69, 9.17) is 21.1 Å². The monoisotopic (exact) mass is 430 g/mol. The van der Waals surface area contributed by atoms with Crippen LogP contribution in [0.25, 0.3) is 6.08 Å². The van der Waals surface area contributed by atoms with Gasteiger partial charge in [0.1, 0.15) is 0 Å². The summed E-state index contributed by atoms with van der Waals surface area (Å²) in [6, 6.07) is 11.7. The van der Waals surface area contributed by atoms with Crippen molar-refractivity contribution in [3.63, 3.8) is 0 Å². The first-order chi connectivity index (χ1) is 14.0. The normalized spacial score (nSPS) is 16.6. The van der Waals surface area contributed by atoms with Crippen molar-refractivity contribution < 1.29 is 23.9 Å². The molecule has 2 aliphatic heterocycles. The Morgan fingerprint density at radius 1 is 1.14 bits per heavy atom.